The Hall–Kier alpha value is -3.35. The molecule has 2 amide bonds. The second-order valence-electron chi connectivity index (χ2n) is 9.56. The van der Waals surface area contributed by atoms with Crippen LogP contribution in [-0.4, -0.2) is 53.7 Å². The van der Waals surface area contributed by atoms with Gasteiger partial charge in [-0.1, -0.05) is 62.4 Å². The van der Waals surface area contributed by atoms with Gasteiger partial charge in [0.2, 0.25) is 5.91 Å². The molecule has 2 N–H and O–H groups in total. The van der Waals surface area contributed by atoms with E-state index in [1.165, 1.54) is 4.90 Å². The predicted molar refractivity (Wildman–Crippen MR) is 128 cm³/mol. The fourth-order valence-corrected chi connectivity index (χ4v) is 5.22. The van der Waals surface area contributed by atoms with Crippen molar-refractivity contribution >= 4 is 18.0 Å². The first-order valence-electron chi connectivity index (χ1n) is 12.0. The van der Waals surface area contributed by atoms with Gasteiger partial charge in [0.1, 0.15) is 12.6 Å². The van der Waals surface area contributed by atoms with Crippen molar-refractivity contribution in [1.29, 1.82) is 0 Å². The minimum Gasteiger partial charge on any atom is -0.480 e. The quantitative estimate of drug-likeness (QED) is 0.609. The molecule has 1 unspecified atom stereocenters. The molecule has 0 bridgehead atoms. The molecule has 2 aliphatic rings. The Kier molecular flexibility index (Phi) is 7.20. The van der Waals surface area contributed by atoms with E-state index in [2.05, 4.69) is 29.6 Å². The van der Waals surface area contributed by atoms with Crippen LogP contribution in [0.5, 0.6) is 0 Å². The number of alkyl carbamates (subject to hydrolysis) is 1. The highest BCUT2D eigenvalue weighted by atomic mass is 16.5. The molecule has 2 aromatic rings. The molecule has 34 heavy (non-hydrogen) atoms. The lowest BCUT2D eigenvalue weighted by Gasteiger charge is -2.27. The zero-order valence-electron chi connectivity index (χ0n) is 19.7. The number of carboxylic acid groups (broad SMARTS) is 1. The van der Waals surface area contributed by atoms with Crippen molar-refractivity contribution in [3.8, 4) is 11.1 Å². The maximum Gasteiger partial charge on any atom is 0.407 e. The second kappa shape index (κ2) is 10.3. The first-order valence-corrected chi connectivity index (χ1v) is 12.0. The minimum absolute atomic E-state index is 0.0350. The monoisotopic (exact) mass is 464 g/mol. The van der Waals surface area contributed by atoms with Crippen LogP contribution in [0.15, 0.2) is 48.5 Å². The molecule has 1 heterocycles. The van der Waals surface area contributed by atoms with Crippen LogP contribution >= 0.6 is 0 Å². The molecule has 1 aliphatic heterocycles. The molecule has 1 fully saturated rings. The number of aliphatic carboxylic acids is 1. The molecule has 180 valence electrons. The fourth-order valence-electron chi connectivity index (χ4n) is 5.22. The van der Waals surface area contributed by atoms with Crippen LogP contribution in [0, 0.1) is 11.8 Å². The number of nitrogens with one attached hydrogen (secondary N) is 1. The summed E-state index contributed by atoms with van der Waals surface area (Å²) in [6, 6.07) is 15.5. The summed E-state index contributed by atoms with van der Waals surface area (Å²) in [6.45, 7) is 4.78. The molecule has 1 saturated heterocycles. The topological polar surface area (TPSA) is 95.9 Å². The number of likely N-dealkylation sites (tertiary alicyclic amines) is 1. The standard InChI is InChI=1S/C27H32N2O5/c1-17(2)14-18(25(30)29-13-7-12-24(29)26(31)32)15-28-27(33)34-16-23-21-10-5-3-8-19(21)20-9-4-6-11-22(20)23/h3-6,8-11,17-18,23-24H,7,12-16H2,1-2H3,(H,28,33)(H,31,32)/t18?,24-/m1/s1. The number of nitrogens with zero attached hydrogens (tertiary/aromatic N) is 1. The lowest BCUT2D eigenvalue weighted by atomic mass is 9.95. The van der Waals surface area contributed by atoms with E-state index in [-0.39, 0.29) is 30.9 Å². The highest BCUT2D eigenvalue weighted by Gasteiger charge is 2.37. The van der Waals surface area contributed by atoms with Crippen LogP contribution in [0.4, 0.5) is 4.79 Å². The SMILES string of the molecule is CC(C)CC(CNC(=O)OCC1c2ccccc2-c2ccccc21)C(=O)N1CCC[C@@H]1C(=O)O. The summed E-state index contributed by atoms with van der Waals surface area (Å²) in [5.41, 5.74) is 4.60. The maximum atomic E-state index is 13.1. The van der Waals surface area contributed by atoms with Crippen molar-refractivity contribution in [2.24, 2.45) is 11.8 Å². The Morgan fingerprint density at radius 2 is 1.68 bits per heavy atom. The number of carboxylic acids is 1. The molecule has 7 heteroatoms. The van der Waals surface area contributed by atoms with Crippen LogP contribution in [0.25, 0.3) is 11.1 Å². The molecule has 1 aliphatic carbocycles. The van der Waals surface area contributed by atoms with Crippen molar-refractivity contribution in [2.45, 2.75) is 45.1 Å². The number of ether oxygens (including phenoxy) is 1. The molecular weight excluding hydrogens is 432 g/mol. The summed E-state index contributed by atoms with van der Waals surface area (Å²) in [4.78, 5) is 38.7. The first-order chi connectivity index (χ1) is 16.4. The van der Waals surface area contributed by atoms with E-state index < -0.39 is 24.0 Å². The lowest BCUT2D eigenvalue weighted by molar-refractivity contribution is -0.150. The number of benzene rings is 2. The number of fused-ring (bicyclic) bond motifs is 3. The highest BCUT2D eigenvalue weighted by Crippen LogP contribution is 2.44. The van der Waals surface area contributed by atoms with Gasteiger partial charge in [-0.2, -0.15) is 0 Å². The van der Waals surface area contributed by atoms with Gasteiger partial charge in [0.25, 0.3) is 0 Å². The molecular formula is C27H32N2O5. The smallest absolute Gasteiger partial charge is 0.407 e. The van der Waals surface area contributed by atoms with Crippen molar-refractivity contribution < 1.29 is 24.2 Å². The molecule has 2 atom stereocenters. The van der Waals surface area contributed by atoms with Gasteiger partial charge >= 0.3 is 12.1 Å². The molecule has 7 nitrogen and oxygen atoms in total. The third-order valence-electron chi connectivity index (χ3n) is 6.76. The number of carbonyl (C=O) groups excluding carboxylic acids is 2. The number of amides is 2. The van der Waals surface area contributed by atoms with E-state index in [1.807, 2.05) is 38.1 Å². The Bertz CT molecular complexity index is 1020. The Morgan fingerprint density at radius 3 is 2.26 bits per heavy atom. The molecule has 0 radical (unpaired) electrons. The van der Waals surface area contributed by atoms with Crippen LogP contribution in [0.3, 0.4) is 0 Å². The van der Waals surface area contributed by atoms with Crippen molar-refractivity contribution in [1.82, 2.24) is 10.2 Å². The second-order valence-corrected chi connectivity index (χ2v) is 9.56. The van der Waals surface area contributed by atoms with Crippen LogP contribution in [0.1, 0.15) is 50.2 Å². The summed E-state index contributed by atoms with van der Waals surface area (Å²) < 4.78 is 5.59. The van der Waals surface area contributed by atoms with Gasteiger partial charge in [0.05, 0.1) is 5.92 Å². The van der Waals surface area contributed by atoms with E-state index in [1.54, 1.807) is 0 Å². The number of carbonyl (C=O) groups is 3. The average Bonchev–Trinajstić information content (AvgIpc) is 3.43. The maximum absolute atomic E-state index is 13.1. The summed E-state index contributed by atoms with van der Waals surface area (Å²) in [6.07, 6.45) is 1.14. The third-order valence-corrected chi connectivity index (χ3v) is 6.76. The van der Waals surface area contributed by atoms with Crippen LogP contribution < -0.4 is 5.32 Å². The lowest BCUT2D eigenvalue weighted by Crippen LogP contribution is -2.46. The van der Waals surface area contributed by atoms with Gasteiger partial charge in [-0.05, 0) is 47.4 Å². The summed E-state index contributed by atoms with van der Waals surface area (Å²) in [5, 5.41) is 12.2. The summed E-state index contributed by atoms with van der Waals surface area (Å²) in [7, 11) is 0. The molecule has 0 spiro atoms. The molecule has 4 rings (SSSR count). The van der Waals surface area contributed by atoms with E-state index in [9.17, 15) is 19.5 Å². The zero-order chi connectivity index (χ0) is 24.2. The largest absolute Gasteiger partial charge is 0.480 e. The van der Waals surface area contributed by atoms with Gasteiger partial charge in [-0.15, -0.1) is 0 Å². The molecule has 0 aromatic heterocycles. The zero-order valence-corrected chi connectivity index (χ0v) is 19.7. The van der Waals surface area contributed by atoms with Gasteiger partial charge < -0.3 is 20.1 Å². The van der Waals surface area contributed by atoms with Gasteiger partial charge in [-0.25, -0.2) is 9.59 Å². The number of hydrogen-bond acceptors (Lipinski definition) is 4. The van der Waals surface area contributed by atoms with Crippen LogP contribution in [-0.2, 0) is 14.3 Å². The normalized spacial score (nSPS) is 17.9. The predicted octanol–water partition coefficient (Wildman–Crippen LogP) is 4.26. The average molecular weight is 465 g/mol. The van der Waals surface area contributed by atoms with E-state index in [0.717, 1.165) is 22.3 Å². The van der Waals surface area contributed by atoms with E-state index in [0.29, 0.717) is 25.8 Å². The fraction of sp³-hybridized carbons (Fsp3) is 0.444. The van der Waals surface area contributed by atoms with Gasteiger partial charge in [0, 0.05) is 19.0 Å². The van der Waals surface area contributed by atoms with Crippen molar-refractivity contribution in [2.75, 3.05) is 19.7 Å². The van der Waals surface area contributed by atoms with Gasteiger partial charge in [0.15, 0.2) is 0 Å². The van der Waals surface area contributed by atoms with Crippen LogP contribution in [0.2, 0.25) is 0 Å². The minimum atomic E-state index is -0.973. The number of rotatable bonds is 8. The van der Waals surface area contributed by atoms with Gasteiger partial charge in [-0.3, -0.25) is 4.79 Å². The Morgan fingerprint density at radius 1 is 1.06 bits per heavy atom. The van der Waals surface area contributed by atoms with Crippen molar-refractivity contribution in [3.05, 3.63) is 59.7 Å². The van der Waals surface area contributed by atoms with E-state index in [4.69, 9.17) is 4.74 Å². The summed E-state index contributed by atoms with van der Waals surface area (Å²) in [5.74, 6) is -1.48. The Balaban J connectivity index is 1.37. The molecule has 0 saturated carbocycles. The highest BCUT2D eigenvalue weighted by molar-refractivity contribution is 5.86. The Labute approximate surface area is 200 Å². The number of hydrogen-bond donors (Lipinski definition) is 2. The summed E-state index contributed by atoms with van der Waals surface area (Å²) >= 11 is 0. The van der Waals surface area contributed by atoms with E-state index >= 15 is 0 Å². The molecule has 2 aromatic carbocycles. The third kappa shape index (κ3) is 4.93. The van der Waals surface area contributed by atoms with Crippen molar-refractivity contribution in [3.63, 3.8) is 0 Å². The first kappa shape index (κ1) is 23.8.